The van der Waals surface area contributed by atoms with Crippen molar-refractivity contribution >= 4 is 12.4 Å². The lowest BCUT2D eigenvalue weighted by Crippen LogP contribution is -2.38. The molecule has 2 atom stereocenters. The minimum absolute atomic E-state index is 0.144. The van der Waals surface area contributed by atoms with Crippen LogP contribution in [0.5, 0.6) is 0 Å². The minimum atomic E-state index is -0.635. The maximum atomic E-state index is 12.1. The number of rotatable bonds is 6. The molecule has 124 valence electrons. The molecule has 1 N–H and O–H groups in total. The van der Waals surface area contributed by atoms with E-state index < -0.39 is 23.7 Å². The summed E-state index contributed by atoms with van der Waals surface area (Å²) in [4.78, 5) is 26.0. The third-order valence-corrected chi connectivity index (χ3v) is 3.11. The minimum Gasteiger partial charge on any atom is -0.444 e. The first-order valence-corrected chi connectivity index (χ1v) is 7.32. The molecule has 0 spiro atoms. The maximum Gasteiger partial charge on any atom is 0.408 e. The third kappa shape index (κ3) is 6.00. The summed E-state index contributed by atoms with van der Waals surface area (Å²) < 4.78 is 5.26. The van der Waals surface area contributed by atoms with Gasteiger partial charge in [-0.1, -0.05) is 36.3 Å². The highest BCUT2D eigenvalue weighted by molar-refractivity contribution is 5.70. The SMILES string of the molecule is C[C@H](C=O)[C@@H](NC(=O)OC(C)(C)C)c1ccccc1CN=[N+]=[N-]. The largest absolute Gasteiger partial charge is 0.444 e. The number of benzene rings is 1. The molecule has 0 saturated heterocycles. The van der Waals surface area contributed by atoms with Gasteiger partial charge in [-0.3, -0.25) is 0 Å². The van der Waals surface area contributed by atoms with Gasteiger partial charge in [-0.2, -0.15) is 0 Å². The van der Waals surface area contributed by atoms with Crippen LogP contribution in [0.25, 0.3) is 10.4 Å². The lowest BCUT2D eigenvalue weighted by molar-refractivity contribution is -0.111. The number of hydrogen-bond donors (Lipinski definition) is 1. The number of hydrogen-bond acceptors (Lipinski definition) is 4. The van der Waals surface area contributed by atoms with Crippen LogP contribution in [-0.4, -0.2) is 18.0 Å². The van der Waals surface area contributed by atoms with E-state index in [1.54, 1.807) is 45.9 Å². The maximum absolute atomic E-state index is 12.1. The summed E-state index contributed by atoms with van der Waals surface area (Å²) in [6.45, 7) is 7.14. The Morgan fingerprint density at radius 1 is 1.43 bits per heavy atom. The Morgan fingerprint density at radius 2 is 2.09 bits per heavy atom. The molecule has 1 aromatic carbocycles. The zero-order valence-corrected chi connectivity index (χ0v) is 13.8. The number of carbonyl (C=O) groups is 2. The van der Waals surface area contributed by atoms with E-state index in [2.05, 4.69) is 15.3 Å². The van der Waals surface area contributed by atoms with Gasteiger partial charge in [-0.15, -0.1) is 0 Å². The van der Waals surface area contributed by atoms with Crippen molar-refractivity contribution in [3.8, 4) is 0 Å². The van der Waals surface area contributed by atoms with Crippen LogP contribution in [0.4, 0.5) is 4.79 Å². The van der Waals surface area contributed by atoms with Crippen LogP contribution in [0.15, 0.2) is 29.4 Å². The van der Waals surface area contributed by atoms with E-state index in [0.29, 0.717) is 0 Å². The fourth-order valence-corrected chi connectivity index (χ4v) is 2.09. The highest BCUT2D eigenvalue weighted by atomic mass is 16.6. The van der Waals surface area contributed by atoms with Crippen LogP contribution < -0.4 is 5.32 Å². The first-order chi connectivity index (χ1) is 10.8. The lowest BCUT2D eigenvalue weighted by Gasteiger charge is -2.26. The van der Waals surface area contributed by atoms with Gasteiger partial charge in [0.25, 0.3) is 0 Å². The standard InChI is InChI=1S/C16H22N4O3/c1-11(10-21)14(19-15(22)23-16(2,3)4)13-8-6-5-7-12(13)9-18-20-17/h5-8,10-11,14H,9H2,1-4H3,(H,19,22)/t11-,14-/m1/s1. The molecule has 0 aliphatic carbocycles. The molecule has 0 bridgehead atoms. The van der Waals surface area contributed by atoms with Gasteiger partial charge in [0.05, 0.1) is 12.6 Å². The van der Waals surface area contributed by atoms with Gasteiger partial charge in [-0.25, -0.2) is 4.79 Å². The van der Waals surface area contributed by atoms with E-state index in [-0.39, 0.29) is 6.54 Å². The fraction of sp³-hybridized carbons (Fsp3) is 0.500. The van der Waals surface area contributed by atoms with Crippen LogP contribution >= 0.6 is 0 Å². The summed E-state index contributed by atoms with van der Waals surface area (Å²) in [6.07, 6.45) is 0.168. The number of alkyl carbamates (subject to hydrolysis) is 1. The van der Waals surface area contributed by atoms with E-state index in [4.69, 9.17) is 10.3 Å². The molecule has 0 radical (unpaired) electrons. The van der Waals surface area contributed by atoms with Crippen molar-refractivity contribution < 1.29 is 14.3 Å². The zero-order chi connectivity index (χ0) is 17.5. The van der Waals surface area contributed by atoms with Crippen molar-refractivity contribution in [1.82, 2.24) is 5.32 Å². The second kappa shape index (κ2) is 8.19. The Kier molecular flexibility index (Phi) is 6.60. The average Bonchev–Trinajstić information content (AvgIpc) is 2.48. The van der Waals surface area contributed by atoms with Crippen LogP contribution in [0.3, 0.4) is 0 Å². The second-order valence-corrected chi connectivity index (χ2v) is 6.21. The number of azide groups is 1. The Labute approximate surface area is 135 Å². The molecule has 7 nitrogen and oxygen atoms in total. The molecule has 0 saturated carbocycles. The monoisotopic (exact) mass is 318 g/mol. The predicted molar refractivity (Wildman–Crippen MR) is 86.6 cm³/mol. The predicted octanol–water partition coefficient (Wildman–Crippen LogP) is 3.90. The van der Waals surface area contributed by atoms with Gasteiger partial charge < -0.3 is 14.8 Å². The van der Waals surface area contributed by atoms with Gasteiger partial charge in [0, 0.05) is 10.8 Å². The first-order valence-electron chi connectivity index (χ1n) is 7.32. The molecule has 0 aliphatic heterocycles. The van der Waals surface area contributed by atoms with Gasteiger partial charge in [0.15, 0.2) is 0 Å². The Bertz CT molecular complexity index is 604. The lowest BCUT2D eigenvalue weighted by atomic mass is 9.92. The highest BCUT2D eigenvalue weighted by Crippen LogP contribution is 2.25. The summed E-state index contributed by atoms with van der Waals surface area (Å²) >= 11 is 0. The molecule has 0 fully saturated rings. The van der Waals surface area contributed by atoms with Crippen molar-refractivity contribution in [2.75, 3.05) is 0 Å². The topological polar surface area (TPSA) is 104 Å². The Morgan fingerprint density at radius 3 is 2.65 bits per heavy atom. The molecule has 1 aromatic rings. The number of aldehydes is 1. The van der Waals surface area contributed by atoms with Gasteiger partial charge in [0.1, 0.15) is 11.9 Å². The summed E-state index contributed by atoms with van der Waals surface area (Å²) in [5.74, 6) is -0.463. The number of nitrogens with zero attached hydrogens (tertiary/aromatic N) is 3. The van der Waals surface area contributed by atoms with E-state index in [1.165, 1.54) is 0 Å². The molecule has 23 heavy (non-hydrogen) atoms. The van der Waals surface area contributed by atoms with E-state index in [0.717, 1.165) is 17.4 Å². The molecular formula is C16H22N4O3. The van der Waals surface area contributed by atoms with Crippen LogP contribution in [0.1, 0.15) is 44.9 Å². The normalized spacial score (nSPS) is 13.4. The molecule has 7 heteroatoms. The van der Waals surface area contributed by atoms with Crippen LogP contribution in [-0.2, 0) is 16.1 Å². The highest BCUT2D eigenvalue weighted by Gasteiger charge is 2.26. The molecule has 0 aromatic heterocycles. The van der Waals surface area contributed by atoms with Crippen LogP contribution in [0, 0.1) is 5.92 Å². The van der Waals surface area contributed by atoms with Crippen molar-refractivity contribution in [2.24, 2.45) is 11.0 Å². The summed E-state index contributed by atoms with van der Waals surface area (Å²) in [7, 11) is 0. The first kappa shape index (κ1) is 18.5. The van der Waals surface area contributed by atoms with Crippen molar-refractivity contribution in [1.29, 1.82) is 0 Å². The Hall–Kier alpha value is -2.53. The molecule has 0 aliphatic rings. The fourth-order valence-electron chi connectivity index (χ4n) is 2.09. The summed E-state index contributed by atoms with van der Waals surface area (Å²) in [5, 5.41) is 6.29. The molecule has 1 rings (SSSR count). The van der Waals surface area contributed by atoms with E-state index in [1.807, 2.05) is 6.07 Å². The number of amides is 1. The molecular weight excluding hydrogens is 296 g/mol. The van der Waals surface area contributed by atoms with Crippen molar-refractivity contribution in [3.05, 3.63) is 45.8 Å². The second-order valence-electron chi connectivity index (χ2n) is 6.21. The van der Waals surface area contributed by atoms with Crippen molar-refractivity contribution in [3.63, 3.8) is 0 Å². The molecule has 1 amide bonds. The smallest absolute Gasteiger partial charge is 0.408 e. The van der Waals surface area contributed by atoms with E-state index >= 15 is 0 Å². The summed E-state index contributed by atoms with van der Waals surface area (Å²) in [5.41, 5.74) is 9.34. The number of ether oxygens (including phenoxy) is 1. The van der Waals surface area contributed by atoms with Gasteiger partial charge in [0.2, 0.25) is 0 Å². The molecule has 0 unspecified atom stereocenters. The number of carbonyl (C=O) groups excluding carboxylic acids is 2. The summed E-state index contributed by atoms with van der Waals surface area (Å²) in [6, 6.07) is 6.64. The quantitative estimate of drug-likeness (QED) is 0.372. The average molecular weight is 318 g/mol. The molecule has 0 heterocycles. The number of nitrogens with one attached hydrogen (secondary N) is 1. The van der Waals surface area contributed by atoms with Gasteiger partial charge >= 0.3 is 6.09 Å². The zero-order valence-electron chi connectivity index (χ0n) is 13.8. The Balaban J connectivity index is 3.10. The third-order valence-electron chi connectivity index (χ3n) is 3.11. The van der Waals surface area contributed by atoms with E-state index in [9.17, 15) is 9.59 Å². The van der Waals surface area contributed by atoms with Crippen molar-refractivity contribution in [2.45, 2.75) is 45.9 Å². The van der Waals surface area contributed by atoms with Gasteiger partial charge in [-0.05, 0) is 37.4 Å². The van der Waals surface area contributed by atoms with Crippen LogP contribution in [0.2, 0.25) is 0 Å².